The predicted molar refractivity (Wildman–Crippen MR) is 79.2 cm³/mol. The second-order valence-corrected chi connectivity index (χ2v) is 7.40. The number of carbonyl (C=O) groups excluding carboxylic acids is 2. The Morgan fingerprint density at radius 1 is 1.30 bits per heavy atom. The van der Waals surface area contributed by atoms with E-state index in [0.717, 1.165) is 12.8 Å². The lowest BCUT2D eigenvalue weighted by atomic mass is 9.74. The molecule has 0 spiro atoms. The van der Waals surface area contributed by atoms with Crippen LogP contribution in [0.3, 0.4) is 0 Å². The molecule has 4 nitrogen and oxygen atoms in total. The Bertz CT molecular complexity index is 405. The fraction of sp³-hybridized carbons (Fsp3) is 0.875. The SMILES string of the molecule is CCC1(C)NC(=O)CCN(C2CCCC(C)(C)C2)C1=O. The van der Waals surface area contributed by atoms with Crippen molar-refractivity contribution in [3.8, 4) is 0 Å². The third kappa shape index (κ3) is 2.99. The standard InChI is InChI=1S/C16H28N2O2/c1-5-16(4)14(20)18(10-8-13(19)17-16)12-7-6-9-15(2,3)11-12/h12H,5-11H2,1-4H3,(H,17,19). The van der Waals surface area contributed by atoms with Crippen molar-refractivity contribution < 1.29 is 9.59 Å². The summed E-state index contributed by atoms with van der Waals surface area (Å²) in [7, 11) is 0. The van der Waals surface area contributed by atoms with Crippen molar-refractivity contribution in [3.63, 3.8) is 0 Å². The number of nitrogens with zero attached hydrogens (tertiary/aromatic N) is 1. The first-order valence-corrected chi connectivity index (χ1v) is 7.89. The molecule has 20 heavy (non-hydrogen) atoms. The zero-order valence-electron chi connectivity index (χ0n) is 13.3. The minimum atomic E-state index is -0.727. The Morgan fingerprint density at radius 3 is 2.60 bits per heavy atom. The minimum Gasteiger partial charge on any atom is -0.342 e. The van der Waals surface area contributed by atoms with Crippen LogP contribution in [0.2, 0.25) is 0 Å². The molecule has 2 rings (SSSR count). The molecule has 1 aliphatic carbocycles. The molecule has 1 saturated heterocycles. The molecule has 1 heterocycles. The third-order valence-electron chi connectivity index (χ3n) is 5.05. The molecule has 4 heteroatoms. The Morgan fingerprint density at radius 2 is 2.00 bits per heavy atom. The first-order chi connectivity index (χ1) is 9.27. The van der Waals surface area contributed by atoms with Crippen molar-refractivity contribution in [1.82, 2.24) is 10.2 Å². The van der Waals surface area contributed by atoms with Crippen LogP contribution in [0.15, 0.2) is 0 Å². The average molecular weight is 280 g/mol. The summed E-state index contributed by atoms with van der Waals surface area (Å²) >= 11 is 0. The molecule has 2 atom stereocenters. The summed E-state index contributed by atoms with van der Waals surface area (Å²) in [5.74, 6) is 0.105. The smallest absolute Gasteiger partial charge is 0.248 e. The largest absolute Gasteiger partial charge is 0.342 e. The molecule has 0 radical (unpaired) electrons. The van der Waals surface area contributed by atoms with Gasteiger partial charge in [-0.25, -0.2) is 0 Å². The van der Waals surface area contributed by atoms with Crippen molar-refractivity contribution in [3.05, 3.63) is 0 Å². The number of carbonyl (C=O) groups is 2. The van der Waals surface area contributed by atoms with Crippen LogP contribution in [0.4, 0.5) is 0 Å². The molecule has 1 N–H and O–H groups in total. The predicted octanol–water partition coefficient (Wildman–Crippen LogP) is 2.47. The maximum absolute atomic E-state index is 12.9. The summed E-state index contributed by atoms with van der Waals surface area (Å²) in [5.41, 5.74) is -0.426. The fourth-order valence-electron chi connectivity index (χ4n) is 3.58. The summed E-state index contributed by atoms with van der Waals surface area (Å²) in [6, 6.07) is 0.296. The normalized spacial score (nSPS) is 34.6. The van der Waals surface area contributed by atoms with Gasteiger partial charge < -0.3 is 10.2 Å². The van der Waals surface area contributed by atoms with Gasteiger partial charge in [0.1, 0.15) is 5.54 Å². The van der Waals surface area contributed by atoms with Crippen molar-refractivity contribution >= 4 is 11.8 Å². The summed E-state index contributed by atoms with van der Waals surface area (Å²) in [6.07, 6.45) is 5.59. The van der Waals surface area contributed by atoms with E-state index in [1.165, 1.54) is 12.8 Å². The molecule has 1 aliphatic heterocycles. The van der Waals surface area contributed by atoms with Crippen molar-refractivity contribution in [1.29, 1.82) is 0 Å². The number of nitrogens with one attached hydrogen (secondary N) is 1. The van der Waals surface area contributed by atoms with Gasteiger partial charge in [-0.1, -0.05) is 27.2 Å². The topological polar surface area (TPSA) is 49.4 Å². The second kappa shape index (κ2) is 5.38. The summed E-state index contributed by atoms with van der Waals surface area (Å²) in [4.78, 5) is 26.7. The van der Waals surface area contributed by atoms with Gasteiger partial charge in [0, 0.05) is 19.0 Å². The van der Waals surface area contributed by atoms with Crippen molar-refractivity contribution in [2.24, 2.45) is 5.41 Å². The van der Waals surface area contributed by atoms with Crippen LogP contribution in [-0.2, 0) is 9.59 Å². The van der Waals surface area contributed by atoms with Crippen LogP contribution in [0, 0.1) is 5.41 Å². The van der Waals surface area contributed by atoms with Crippen molar-refractivity contribution in [2.45, 2.75) is 77.8 Å². The van der Waals surface area contributed by atoms with E-state index in [2.05, 4.69) is 19.2 Å². The second-order valence-electron chi connectivity index (χ2n) is 7.40. The maximum Gasteiger partial charge on any atom is 0.248 e. The van der Waals surface area contributed by atoms with E-state index < -0.39 is 5.54 Å². The average Bonchev–Trinajstić information content (AvgIpc) is 2.47. The highest BCUT2D eigenvalue weighted by Gasteiger charge is 2.43. The number of hydrogen-bond donors (Lipinski definition) is 1. The highest BCUT2D eigenvalue weighted by Crippen LogP contribution is 2.38. The van der Waals surface area contributed by atoms with Crippen LogP contribution in [0.25, 0.3) is 0 Å². The van der Waals surface area contributed by atoms with Gasteiger partial charge in [-0.05, 0) is 38.0 Å². The summed E-state index contributed by atoms with van der Waals surface area (Å²) in [5, 5.41) is 2.91. The van der Waals surface area contributed by atoms with E-state index in [0.29, 0.717) is 30.8 Å². The minimum absolute atomic E-state index is 0.000250. The first kappa shape index (κ1) is 15.3. The molecule has 2 unspecified atom stereocenters. The maximum atomic E-state index is 12.9. The van der Waals surface area contributed by atoms with E-state index in [1.54, 1.807) is 0 Å². The molecule has 0 aromatic carbocycles. The molecular formula is C16H28N2O2. The van der Waals surface area contributed by atoms with Crippen LogP contribution < -0.4 is 5.32 Å². The lowest BCUT2D eigenvalue weighted by Gasteiger charge is -2.43. The van der Waals surface area contributed by atoms with E-state index in [9.17, 15) is 9.59 Å². The van der Waals surface area contributed by atoms with Gasteiger partial charge in [0.2, 0.25) is 11.8 Å². The summed E-state index contributed by atoms with van der Waals surface area (Å²) in [6.45, 7) is 8.96. The molecule has 1 saturated carbocycles. The van der Waals surface area contributed by atoms with Gasteiger partial charge in [0.05, 0.1) is 0 Å². The van der Waals surface area contributed by atoms with Crippen LogP contribution >= 0.6 is 0 Å². The molecule has 114 valence electrons. The van der Waals surface area contributed by atoms with E-state index >= 15 is 0 Å². The van der Waals surface area contributed by atoms with Gasteiger partial charge in [-0.15, -0.1) is 0 Å². The van der Waals surface area contributed by atoms with E-state index in [4.69, 9.17) is 0 Å². The molecule has 0 bridgehead atoms. The Balaban J connectivity index is 2.21. The molecule has 2 amide bonds. The fourth-order valence-corrected chi connectivity index (χ4v) is 3.58. The molecule has 2 aliphatic rings. The van der Waals surface area contributed by atoms with Gasteiger partial charge in [-0.3, -0.25) is 9.59 Å². The molecule has 0 aromatic rings. The number of hydrogen-bond acceptors (Lipinski definition) is 2. The lowest BCUT2D eigenvalue weighted by Crippen LogP contribution is -2.57. The van der Waals surface area contributed by atoms with Crippen molar-refractivity contribution in [2.75, 3.05) is 6.54 Å². The third-order valence-corrected chi connectivity index (χ3v) is 5.05. The van der Waals surface area contributed by atoms with Gasteiger partial charge in [0.25, 0.3) is 0 Å². The Hall–Kier alpha value is -1.06. The highest BCUT2D eigenvalue weighted by atomic mass is 16.2. The highest BCUT2D eigenvalue weighted by molar-refractivity contribution is 5.93. The molecule has 0 aromatic heterocycles. The zero-order chi connectivity index (χ0) is 15.0. The van der Waals surface area contributed by atoms with Gasteiger partial charge >= 0.3 is 0 Å². The van der Waals surface area contributed by atoms with Crippen LogP contribution in [0.5, 0.6) is 0 Å². The first-order valence-electron chi connectivity index (χ1n) is 7.89. The van der Waals surface area contributed by atoms with Gasteiger partial charge in [-0.2, -0.15) is 0 Å². The van der Waals surface area contributed by atoms with Crippen LogP contribution in [-0.4, -0.2) is 34.8 Å². The summed E-state index contributed by atoms with van der Waals surface area (Å²) < 4.78 is 0. The molecular weight excluding hydrogens is 252 g/mol. The quantitative estimate of drug-likeness (QED) is 0.844. The molecule has 2 fully saturated rings. The van der Waals surface area contributed by atoms with Gasteiger partial charge in [0.15, 0.2) is 0 Å². The Labute approximate surface area is 122 Å². The van der Waals surface area contributed by atoms with Crippen LogP contribution in [0.1, 0.15) is 66.2 Å². The zero-order valence-corrected chi connectivity index (χ0v) is 13.3. The van der Waals surface area contributed by atoms with E-state index in [-0.39, 0.29) is 11.8 Å². The monoisotopic (exact) mass is 280 g/mol. The number of amides is 2. The Kier molecular flexibility index (Phi) is 4.12. The van der Waals surface area contributed by atoms with E-state index in [1.807, 2.05) is 18.7 Å². The number of rotatable bonds is 2. The lowest BCUT2D eigenvalue weighted by molar-refractivity contribution is -0.141.